The molecule has 0 N–H and O–H groups in total. The van der Waals surface area contributed by atoms with E-state index in [9.17, 15) is 4.79 Å². The number of carbonyl (C=O) groups excluding carboxylic acids is 1. The van der Waals surface area contributed by atoms with Crippen molar-refractivity contribution in [1.82, 2.24) is 0 Å². The number of carbonyl (C=O) groups is 1. The van der Waals surface area contributed by atoms with Crippen molar-refractivity contribution >= 4 is 5.97 Å². The first-order valence-corrected chi connectivity index (χ1v) is 16.3. The summed E-state index contributed by atoms with van der Waals surface area (Å²) in [6, 6.07) is 0. The van der Waals surface area contributed by atoms with Crippen LogP contribution in [0.3, 0.4) is 0 Å². The van der Waals surface area contributed by atoms with E-state index in [2.05, 4.69) is 38.2 Å². The number of ether oxygens (including phenoxy) is 1. The molecule has 0 aromatic rings. The van der Waals surface area contributed by atoms with Gasteiger partial charge >= 0.3 is 5.97 Å². The lowest BCUT2D eigenvalue weighted by atomic mass is 10.1. The molecule has 0 aromatic heterocycles. The average Bonchev–Trinajstić information content (AvgIpc) is 2.88. The Morgan fingerprint density at radius 1 is 0.444 bits per heavy atom. The van der Waals surface area contributed by atoms with Gasteiger partial charge in [-0.25, -0.2) is 0 Å². The molecule has 0 saturated heterocycles. The average molecular weight is 505 g/mol. The van der Waals surface area contributed by atoms with Crippen molar-refractivity contribution in [2.75, 3.05) is 6.61 Å². The molecule has 36 heavy (non-hydrogen) atoms. The molecule has 0 radical (unpaired) electrons. The monoisotopic (exact) mass is 504 g/mol. The highest BCUT2D eigenvalue weighted by molar-refractivity contribution is 5.69. The summed E-state index contributed by atoms with van der Waals surface area (Å²) in [6.07, 6.45) is 42.2. The van der Waals surface area contributed by atoms with Crippen molar-refractivity contribution in [3.63, 3.8) is 0 Å². The molecule has 0 heterocycles. The van der Waals surface area contributed by atoms with Gasteiger partial charge in [-0.05, 0) is 64.2 Å². The van der Waals surface area contributed by atoms with Gasteiger partial charge in [0.2, 0.25) is 0 Å². The van der Waals surface area contributed by atoms with E-state index in [1.165, 1.54) is 141 Å². The number of rotatable bonds is 29. The van der Waals surface area contributed by atoms with Gasteiger partial charge in [-0.3, -0.25) is 4.79 Å². The fourth-order valence-electron chi connectivity index (χ4n) is 4.59. The second kappa shape index (κ2) is 32.0. The lowest BCUT2D eigenvalue weighted by molar-refractivity contribution is -0.143. The number of hydrogen-bond acceptors (Lipinski definition) is 2. The van der Waals surface area contributed by atoms with Crippen LogP contribution in [0.2, 0.25) is 0 Å². The Balaban J connectivity index is 3.23. The number of allylic oxidation sites excluding steroid dienone is 4. The van der Waals surface area contributed by atoms with Crippen molar-refractivity contribution in [3.05, 3.63) is 24.3 Å². The minimum Gasteiger partial charge on any atom is -0.466 e. The van der Waals surface area contributed by atoms with E-state index in [4.69, 9.17) is 4.74 Å². The maximum Gasteiger partial charge on any atom is 0.305 e. The predicted octanol–water partition coefficient (Wildman–Crippen LogP) is 11.8. The molecule has 0 bridgehead atoms. The van der Waals surface area contributed by atoms with Crippen molar-refractivity contribution in [2.45, 2.75) is 181 Å². The highest BCUT2D eigenvalue weighted by atomic mass is 16.5. The third kappa shape index (κ3) is 31.0. The van der Waals surface area contributed by atoms with Crippen LogP contribution < -0.4 is 0 Å². The van der Waals surface area contributed by atoms with Crippen LogP contribution in [0.5, 0.6) is 0 Å². The lowest BCUT2D eigenvalue weighted by Gasteiger charge is -2.05. The van der Waals surface area contributed by atoms with Crippen LogP contribution >= 0.6 is 0 Å². The molecular formula is C34H64O2. The SMILES string of the molecule is CCCCCC/C=C\CCCCCCCC(=O)OCCCCCCCC/C=C/CCCCCCCC. The summed E-state index contributed by atoms with van der Waals surface area (Å²) in [4.78, 5) is 11.9. The van der Waals surface area contributed by atoms with Gasteiger partial charge in [0, 0.05) is 6.42 Å². The first-order chi connectivity index (χ1) is 17.8. The van der Waals surface area contributed by atoms with Gasteiger partial charge in [-0.15, -0.1) is 0 Å². The molecule has 0 atom stereocenters. The van der Waals surface area contributed by atoms with E-state index in [-0.39, 0.29) is 5.97 Å². The smallest absolute Gasteiger partial charge is 0.305 e. The zero-order valence-corrected chi connectivity index (χ0v) is 24.7. The molecule has 0 saturated carbocycles. The largest absolute Gasteiger partial charge is 0.466 e. The quantitative estimate of drug-likeness (QED) is 0.0575. The Hall–Kier alpha value is -1.05. The van der Waals surface area contributed by atoms with E-state index in [0.29, 0.717) is 13.0 Å². The molecule has 0 spiro atoms. The summed E-state index contributed by atoms with van der Waals surface area (Å²) in [7, 11) is 0. The fourth-order valence-corrected chi connectivity index (χ4v) is 4.59. The summed E-state index contributed by atoms with van der Waals surface area (Å²) < 4.78 is 5.41. The van der Waals surface area contributed by atoms with Crippen molar-refractivity contribution in [3.8, 4) is 0 Å². The van der Waals surface area contributed by atoms with Gasteiger partial charge in [0.15, 0.2) is 0 Å². The molecular weight excluding hydrogens is 440 g/mol. The molecule has 0 aliphatic carbocycles. The minimum absolute atomic E-state index is 0.00810. The van der Waals surface area contributed by atoms with Crippen molar-refractivity contribution < 1.29 is 9.53 Å². The molecule has 0 aliphatic heterocycles. The zero-order valence-electron chi connectivity index (χ0n) is 24.7. The van der Waals surface area contributed by atoms with E-state index in [0.717, 1.165) is 19.3 Å². The normalized spacial score (nSPS) is 11.7. The van der Waals surface area contributed by atoms with Gasteiger partial charge in [0.25, 0.3) is 0 Å². The molecule has 0 rings (SSSR count). The first kappa shape index (κ1) is 35.0. The third-order valence-electron chi connectivity index (χ3n) is 7.06. The second-order valence-electron chi connectivity index (χ2n) is 10.8. The van der Waals surface area contributed by atoms with Gasteiger partial charge < -0.3 is 4.74 Å². The molecule has 0 aliphatic rings. The summed E-state index contributed by atoms with van der Waals surface area (Å²) in [5, 5.41) is 0. The Labute approximate surface area is 227 Å². The third-order valence-corrected chi connectivity index (χ3v) is 7.06. The summed E-state index contributed by atoms with van der Waals surface area (Å²) in [5.74, 6) is 0.00810. The van der Waals surface area contributed by atoms with Crippen LogP contribution in [0.15, 0.2) is 24.3 Å². The van der Waals surface area contributed by atoms with Crippen molar-refractivity contribution in [2.24, 2.45) is 0 Å². The molecule has 0 amide bonds. The second-order valence-corrected chi connectivity index (χ2v) is 10.8. The van der Waals surface area contributed by atoms with E-state index >= 15 is 0 Å². The van der Waals surface area contributed by atoms with Crippen LogP contribution in [-0.2, 0) is 9.53 Å². The summed E-state index contributed by atoms with van der Waals surface area (Å²) in [5.41, 5.74) is 0. The van der Waals surface area contributed by atoms with Crippen molar-refractivity contribution in [1.29, 1.82) is 0 Å². The van der Waals surface area contributed by atoms with E-state index < -0.39 is 0 Å². The zero-order chi connectivity index (χ0) is 26.2. The van der Waals surface area contributed by atoms with Crippen LogP contribution in [-0.4, -0.2) is 12.6 Å². The first-order valence-electron chi connectivity index (χ1n) is 16.3. The Morgan fingerprint density at radius 3 is 1.22 bits per heavy atom. The molecule has 0 aromatic carbocycles. The van der Waals surface area contributed by atoms with E-state index in [1.807, 2.05) is 0 Å². The van der Waals surface area contributed by atoms with Gasteiger partial charge in [0.1, 0.15) is 0 Å². The van der Waals surface area contributed by atoms with E-state index in [1.54, 1.807) is 0 Å². The van der Waals surface area contributed by atoms with Crippen LogP contribution in [0.1, 0.15) is 181 Å². The number of esters is 1. The Kier molecular flexibility index (Phi) is 31.0. The van der Waals surface area contributed by atoms with Crippen LogP contribution in [0, 0.1) is 0 Å². The molecule has 212 valence electrons. The number of hydrogen-bond donors (Lipinski definition) is 0. The number of unbranched alkanes of at least 4 members (excludes halogenated alkanes) is 21. The van der Waals surface area contributed by atoms with Crippen LogP contribution in [0.4, 0.5) is 0 Å². The Morgan fingerprint density at radius 2 is 0.778 bits per heavy atom. The maximum atomic E-state index is 11.9. The standard InChI is InChI=1S/C34H64O2/c1-3-5-7-9-11-13-15-17-18-19-21-23-25-27-29-31-33-36-34(35)32-30-28-26-24-22-20-16-14-12-10-8-6-4-2/h14,16-18H,3-13,15,19-33H2,1-2H3/b16-14-,18-17+. The molecule has 0 unspecified atom stereocenters. The molecule has 2 heteroatoms. The Bertz CT molecular complexity index is 480. The topological polar surface area (TPSA) is 26.3 Å². The van der Waals surface area contributed by atoms with Gasteiger partial charge in [-0.1, -0.05) is 134 Å². The van der Waals surface area contributed by atoms with Gasteiger partial charge in [-0.2, -0.15) is 0 Å². The highest BCUT2D eigenvalue weighted by Crippen LogP contribution is 2.11. The fraction of sp³-hybridized carbons (Fsp3) is 0.853. The maximum absolute atomic E-state index is 11.9. The summed E-state index contributed by atoms with van der Waals surface area (Å²) >= 11 is 0. The predicted molar refractivity (Wildman–Crippen MR) is 161 cm³/mol. The minimum atomic E-state index is 0.00810. The molecule has 0 fully saturated rings. The lowest BCUT2D eigenvalue weighted by Crippen LogP contribution is -2.05. The summed E-state index contributed by atoms with van der Waals surface area (Å²) in [6.45, 7) is 5.16. The highest BCUT2D eigenvalue weighted by Gasteiger charge is 2.02. The van der Waals surface area contributed by atoms with Gasteiger partial charge in [0.05, 0.1) is 6.61 Å². The van der Waals surface area contributed by atoms with Crippen LogP contribution in [0.25, 0.3) is 0 Å². The molecule has 2 nitrogen and oxygen atoms in total.